The summed E-state index contributed by atoms with van der Waals surface area (Å²) in [5.41, 5.74) is 9.21. The third-order valence-electron chi connectivity index (χ3n) is 4.71. The Morgan fingerprint density at radius 2 is 1.63 bits per heavy atom. The molecule has 4 aromatic rings. The molecule has 0 amide bonds. The van der Waals surface area contributed by atoms with Gasteiger partial charge in [0, 0.05) is 22.1 Å². The molecule has 0 saturated carbocycles. The smallest absolute Gasteiger partial charge is 0.143 e. The minimum absolute atomic E-state index is 0.811. The lowest BCUT2D eigenvalue weighted by molar-refractivity contribution is 0.415. The lowest BCUT2D eigenvalue weighted by atomic mass is 9.93. The van der Waals surface area contributed by atoms with Crippen LogP contribution in [0.3, 0.4) is 0 Å². The fraction of sp³-hybridized carbons (Fsp3) is 0.0800. The van der Waals surface area contributed by atoms with E-state index in [1.165, 1.54) is 5.56 Å². The highest BCUT2D eigenvalue weighted by Crippen LogP contribution is 2.40. The van der Waals surface area contributed by atoms with Gasteiger partial charge in [-0.15, -0.1) is 5.73 Å². The number of hydrogen-bond acceptors (Lipinski definition) is 2. The molecule has 0 aliphatic rings. The molecular formula is C25H20O2. The van der Waals surface area contributed by atoms with Crippen LogP contribution in [0.2, 0.25) is 0 Å². The highest BCUT2D eigenvalue weighted by Gasteiger charge is 2.20. The fourth-order valence-corrected chi connectivity index (χ4v) is 3.29. The number of ether oxygens (including phenoxy) is 1. The summed E-state index contributed by atoms with van der Waals surface area (Å²) in [5, 5.41) is 1.05. The quantitative estimate of drug-likeness (QED) is 0.384. The summed E-state index contributed by atoms with van der Waals surface area (Å²) in [7, 11) is 1.66. The number of hydrogen-bond donors (Lipinski definition) is 0. The van der Waals surface area contributed by atoms with Crippen LogP contribution in [0.15, 0.2) is 89.5 Å². The van der Waals surface area contributed by atoms with Crippen molar-refractivity contribution in [2.75, 3.05) is 7.11 Å². The SMILES string of the molecule is C=C=C(c1ccc(C)cc1)c1c(-c2ccc(OC)cc2)oc2ccccc12. The molecule has 0 fully saturated rings. The van der Waals surface area contributed by atoms with Crippen LogP contribution < -0.4 is 4.74 Å². The minimum atomic E-state index is 0.811. The first-order chi connectivity index (χ1) is 13.2. The summed E-state index contributed by atoms with van der Waals surface area (Å²) in [4.78, 5) is 0. The molecule has 3 aromatic carbocycles. The monoisotopic (exact) mass is 352 g/mol. The van der Waals surface area contributed by atoms with Gasteiger partial charge in [0.05, 0.1) is 7.11 Å². The number of benzene rings is 3. The van der Waals surface area contributed by atoms with E-state index < -0.39 is 0 Å². The van der Waals surface area contributed by atoms with E-state index in [1.54, 1.807) is 7.11 Å². The predicted molar refractivity (Wildman–Crippen MR) is 111 cm³/mol. The van der Waals surface area contributed by atoms with Gasteiger partial charge in [-0.2, -0.15) is 0 Å². The molecule has 0 atom stereocenters. The van der Waals surface area contributed by atoms with Crippen molar-refractivity contribution >= 4 is 16.5 Å². The van der Waals surface area contributed by atoms with E-state index in [0.29, 0.717) is 0 Å². The molecule has 0 N–H and O–H groups in total. The number of rotatable bonds is 4. The average Bonchev–Trinajstić information content (AvgIpc) is 3.09. The van der Waals surface area contributed by atoms with E-state index >= 15 is 0 Å². The largest absolute Gasteiger partial charge is 0.497 e. The van der Waals surface area contributed by atoms with Gasteiger partial charge in [0.25, 0.3) is 0 Å². The molecule has 2 heteroatoms. The Kier molecular flexibility index (Phi) is 4.42. The summed E-state index contributed by atoms with van der Waals surface area (Å²) >= 11 is 0. The maximum Gasteiger partial charge on any atom is 0.143 e. The zero-order valence-corrected chi connectivity index (χ0v) is 15.5. The molecule has 1 heterocycles. The van der Waals surface area contributed by atoms with Gasteiger partial charge < -0.3 is 9.15 Å². The Morgan fingerprint density at radius 3 is 2.30 bits per heavy atom. The van der Waals surface area contributed by atoms with E-state index in [2.05, 4.69) is 49.6 Å². The zero-order chi connectivity index (χ0) is 18.8. The van der Waals surface area contributed by atoms with Gasteiger partial charge in [-0.1, -0.05) is 54.6 Å². The van der Waals surface area contributed by atoms with Crippen LogP contribution in [0.5, 0.6) is 5.75 Å². The predicted octanol–water partition coefficient (Wildman–Crippen LogP) is 6.63. The van der Waals surface area contributed by atoms with Crippen LogP contribution in [0.25, 0.3) is 27.9 Å². The highest BCUT2D eigenvalue weighted by atomic mass is 16.5. The lowest BCUT2D eigenvalue weighted by Gasteiger charge is -2.08. The third-order valence-corrected chi connectivity index (χ3v) is 4.71. The number of furan rings is 1. The average molecular weight is 352 g/mol. The van der Waals surface area contributed by atoms with Gasteiger partial charge in [0.15, 0.2) is 0 Å². The minimum Gasteiger partial charge on any atom is -0.497 e. The molecule has 2 nitrogen and oxygen atoms in total. The first-order valence-electron chi connectivity index (χ1n) is 8.84. The second kappa shape index (κ2) is 7.03. The molecule has 0 saturated heterocycles. The van der Waals surface area contributed by atoms with E-state index in [0.717, 1.165) is 44.7 Å². The molecule has 1 aromatic heterocycles. The fourth-order valence-electron chi connectivity index (χ4n) is 3.29. The molecule has 27 heavy (non-hydrogen) atoms. The van der Waals surface area contributed by atoms with E-state index in [9.17, 15) is 0 Å². The van der Waals surface area contributed by atoms with Crippen molar-refractivity contribution in [3.05, 3.63) is 102 Å². The normalized spacial score (nSPS) is 10.6. The van der Waals surface area contributed by atoms with Gasteiger partial charge in [-0.05, 0) is 42.8 Å². The van der Waals surface area contributed by atoms with Crippen molar-refractivity contribution < 1.29 is 9.15 Å². The molecule has 4 rings (SSSR count). The highest BCUT2D eigenvalue weighted by molar-refractivity contribution is 6.01. The van der Waals surface area contributed by atoms with Crippen molar-refractivity contribution in [2.45, 2.75) is 6.92 Å². The Bertz CT molecular complexity index is 1140. The Hall–Kier alpha value is -3.48. The third kappa shape index (κ3) is 3.08. The first-order valence-corrected chi connectivity index (χ1v) is 8.84. The summed E-state index contributed by atoms with van der Waals surface area (Å²) in [6, 6.07) is 24.4. The topological polar surface area (TPSA) is 22.4 Å². The van der Waals surface area contributed by atoms with Crippen LogP contribution in [0.1, 0.15) is 16.7 Å². The summed E-state index contributed by atoms with van der Waals surface area (Å²) in [6.45, 7) is 6.04. The van der Waals surface area contributed by atoms with E-state index in [4.69, 9.17) is 9.15 Å². The summed E-state index contributed by atoms with van der Waals surface area (Å²) < 4.78 is 11.5. The molecular weight excluding hydrogens is 332 g/mol. The van der Waals surface area contributed by atoms with E-state index in [1.807, 2.05) is 42.5 Å². The van der Waals surface area contributed by atoms with Crippen molar-refractivity contribution in [3.8, 4) is 17.1 Å². The van der Waals surface area contributed by atoms with Crippen LogP contribution >= 0.6 is 0 Å². The number of methoxy groups -OCH3 is 1. The molecule has 0 radical (unpaired) electrons. The first kappa shape index (κ1) is 17.0. The molecule has 0 unspecified atom stereocenters. The number of para-hydroxylation sites is 1. The van der Waals surface area contributed by atoms with Crippen LogP contribution in [-0.4, -0.2) is 7.11 Å². The summed E-state index contributed by atoms with van der Waals surface area (Å²) in [6.07, 6.45) is 0. The van der Waals surface area contributed by atoms with Gasteiger partial charge in [0.1, 0.15) is 17.1 Å². The van der Waals surface area contributed by atoms with Crippen molar-refractivity contribution in [2.24, 2.45) is 0 Å². The van der Waals surface area contributed by atoms with Crippen LogP contribution in [0.4, 0.5) is 0 Å². The Labute approximate surface area is 159 Å². The van der Waals surface area contributed by atoms with Gasteiger partial charge in [-0.25, -0.2) is 0 Å². The van der Waals surface area contributed by atoms with Crippen LogP contribution in [0, 0.1) is 6.92 Å². The maximum atomic E-state index is 6.26. The maximum absolute atomic E-state index is 6.26. The van der Waals surface area contributed by atoms with Crippen molar-refractivity contribution in [1.29, 1.82) is 0 Å². The van der Waals surface area contributed by atoms with Gasteiger partial charge >= 0.3 is 0 Å². The second-order valence-electron chi connectivity index (χ2n) is 6.45. The van der Waals surface area contributed by atoms with Gasteiger partial charge in [-0.3, -0.25) is 0 Å². The van der Waals surface area contributed by atoms with Crippen molar-refractivity contribution in [1.82, 2.24) is 0 Å². The Balaban J connectivity index is 1.97. The van der Waals surface area contributed by atoms with Crippen molar-refractivity contribution in [3.63, 3.8) is 0 Å². The molecule has 0 spiro atoms. The second-order valence-corrected chi connectivity index (χ2v) is 6.45. The Morgan fingerprint density at radius 1 is 0.926 bits per heavy atom. The number of aryl methyl sites for hydroxylation is 1. The number of fused-ring (bicyclic) bond motifs is 1. The standard InChI is InChI=1S/C25H20O2/c1-4-21(18-11-9-17(2)10-12-18)24-22-7-5-6-8-23(22)27-25(24)19-13-15-20(26-3)16-14-19/h5-16H,1H2,2-3H3. The lowest BCUT2D eigenvalue weighted by Crippen LogP contribution is -1.90. The van der Waals surface area contributed by atoms with Crippen LogP contribution in [-0.2, 0) is 0 Å². The molecule has 132 valence electrons. The van der Waals surface area contributed by atoms with E-state index in [-0.39, 0.29) is 0 Å². The molecule has 0 bridgehead atoms. The zero-order valence-electron chi connectivity index (χ0n) is 15.5. The van der Waals surface area contributed by atoms with Gasteiger partial charge in [0.2, 0.25) is 0 Å². The molecule has 0 aliphatic carbocycles. The molecule has 0 aliphatic heterocycles. The summed E-state index contributed by atoms with van der Waals surface area (Å²) in [5.74, 6) is 1.63.